The summed E-state index contributed by atoms with van der Waals surface area (Å²) in [7, 11) is 1.65. The Bertz CT molecular complexity index is 528. The third kappa shape index (κ3) is 2.87. The highest BCUT2D eigenvalue weighted by Crippen LogP contribution is 2.29. The van der Waals surface area contributed by atoms with Gasteiger partial charge < -0.3 is 10.6 Å². The highest BCUT2D eigenvalue weighted by molar-refractivity contribution is 5.98. The molecule has 108 valence electrons. The molecule has 0 radical (unpaired) electrons. The molecule has 1 amide bonds. The van der Waals surface area contributed by atoms with Gasteiger partial charge in [0.2, 0.25) is 0 Å². The zero-order chi connectivity index (χ0) is 14.7. The fourth-order valence-electron chi connectivity index (χ4n) is 2.25. The van der Waals surface area contributed by atoms with Gasteiger partial charge in [-0.15, -0.1) is 0 Å². The molecule has 0 saturated heterocycles. The van der Waals surface area contributed by atoms with Crippen LogP contribution in [0.15, 0.2) is 12.3 Å². The number of nitrogens with zero attached hydrogens (tertiary/aromatic N) is 2. The van der Waals surface area contributed by atoms with Crippen LogP contribution in [0.5, 0.6) is 0 Å². The molecule has 1 heterocycles. The molecular weight excluding hydrogens is 260 g/mol. The van der Waals surface area contributed by atoms with Crippen molar-refractivity contribution in [3.8, 4) is 0 Å². The van der Waals surface area contributed by atoms with Crippen LogP contribution in [0.3, 0.4) is 0 Å². The van der Waals surface area contributed by atoms with E-state index in [0.29, 0.717) is 11.7 Å². The van der Waals surface area contributed by atoms with Crippen LogP contribution in [0.2, 0.25) is 0 Å². The predicted octanol–water partition coefficient (Wildman–Crippen LogP) is 1.95. The minimum atomic E-state index is -0.588. The van der Waals surface area contributed by atoms with Gasteiger partial charge in [0.15, 0.2) is 0 Å². The van der Waals surface area contributed by atoms with Crippen molar-refractivity contribution >= 4 is 17.4 Å². The molecule has 1 fully saturated rings. The molecule has 1 saturated carbocycles. The van der Waals surface area contributed by atoms with E-state index in [1.54, 1.807) is 7.05 Å². The maximum atomic E-state index is 12.2. The molecule has 0 bridgehead atoms. The van der Waals surface area contributed by atoms with E-state index >= 15 is 0 Å². The van der Waals surface area contributed by atoms with Crippen LogP contribution in [0.4, 0.5) is 11.5 Å². The lowest BCUT2D eigenvalue weighted by atomic mass is 9.80. The first-order chi connectivity index (χ1) is 9.52. The Labute approximate surface area is 116 Å². The SMILES string of the molecule is CNc1cc(C(=O)NC(C)C2CCC2)c([N+](=O)[O-])cn1. The summed E-state index contributed by atoms with van der Waals surface area (Å²) < 4.78 is 0. The van der Waals surface area contributed by atoms with Gasteiger partial charge in [0, 0.05) is 19.2 Å². The largest absolute Gasteiger partial charge is 0.373 e. The van der Waals surface area contributed by atoms with Gasteiger partial charge in [0.1, 0.15) is 17.6 Å². The number of carbonyl (C=O) groups is 1. The summed E-state index contributed by atoms with van der Waals surface area (Å²) in [6.07, 6.45) is 4.49. The first-order valence-corrected chi connectivity index (χ1v) is 6.66. The van der Waals surface area contributed by atoms with Gasteiger partial charge in [-0.1, -0.05) is 6.42 Å². The third-order valence-corrected chi connectivity index (χ3v) is 3.80. The van der Waals surface area contributed by atoms with E-state index in [1.165, 1.54) is 12.5 Å². The van der Waals surface area contributed by atoms with E-state index in [1.807, 2.05) is 6.92 Å². The summed E-state index contributed by atoms with van der Waals surface area (Å²) in [6.45, 7) is 1.94. The summed E-state index contributed by atoms with van der Waals surface area (Å²) in [5.74, 6) is 0.482. The standard InChI is InChI=1S/C13H18N4O3/c1-8(9-4-3-5-9)16-13(18)10-6-12(14-2)15-7-11(10)17(19)20/h6-9H,3-5H2,1-2H3,(H,14,15)(H,16,18). The van der Waals surface area contributed by atoms with Crippen molar-refractivity contribution in [2.75, 3.05) is 12.4 Å². The molecular formula is C13H18N4O3. The van der Waals surface area contributed by atoms with Crippen molar-refractivity contribution in [2.24, 2.45) is 5.92 Å². The molecule has 7 nitrogen and oxygen atoms in total. The minimum absolute atomic E-state index is 0.0297. The molecule has 0 aliphatic heterocycles. The second-order valence-electron chi connectivity index (χ2n) is 5.05. The number of amides is 1. The number of anilines is 1. The fourth-order valence-corrected chi connectivity index (χ4v) is 2.25. The minimum Gasteiger partial charge on any atom is -0.373 e. The molecule has 1 atom stereocenters. The van der Waals surface area contributed by atoms with Crippen molar-refractivity contribution in [3.63, 3.8) is 0 Å². The third-order valence-electron chi connectivity index (χ3n) is 3.80. The van der Waals surface area contributed by atoms with E-state index < -0.39 is 10.8 Å². The Kier molecular flexibility index (Phi) is 4.16. The number of hydrogen-bond donors (Lipinski definition) is 2. The highest BCUT2D eigenvalue weighted by Gasteiger charge is 2.28. The molecule has 7 heteroatoms. The molecule has 1 aliphatic rings. The Morgan fingerprint density at radius 1 is 1.55 bits per heavy atom. The summed E-state index contributed by atoms with van der Waals surface area (Å²) in [5.41, 5.74) is -0.233. The lowest BCUT2D eigenvalue weighted by molar-refractivity contribution is -0.385. The maximum Gasteiger partial charge on any atom is 0.300 e. The number of carbonyl (C=O) groups excluding carboxylic acids is 1. The van der Waals surface area contributed by atoms with Crippen molar-refractivity contribution in [1.29, 1.82) is 0 Å². The van der Waals surface area contributed by atoms with Crippen molar-refractivity contribution in [2.45, 2.75) is 32.2 Å². The van der Waals surface area contributed by atoms with Crippen LogP contribution < -0.4 is 10.6 Å². The topological polar surface area (TPSA) is 97.2 Å². The fraction of sp³-hybridized carbons (Fsp3) is 0.538. The zero-order valence-corrected chi connectivity index (χ0v) is 11.5. The van der Waals surface area contributed by atoms with Crippen molar-refractivity contribution < 1.29 is 9.72 Å². The number of rotatable bonds is 5. The molecule has 2 rings (SSSR count). The lowest BCUT2D eigenvalue weighted by Gasteiger charge is -2.31. The van der Waals surface area contributed by atoms with Crippen LogP contribution in [0, 0.1) is 16.0 Å². The van der Waals surface area contributed by atoms with E-state index in [2.05, 4.69) is 15.6 Å². The van der Waals surface area contributed by atoms with Gasteiger partial charge in [0.25, 0.3) is 11.6 Å². The zero-order valence-electron chi connectivity index (χ0n) is 11.5. The van der Waals surface area contributed by atoms with E-state index in [4.69, 9.17) is 0 Å². The molecule has 20 heavy (non-hydrogen) atoms. The maximum absolute atomic E-state index is 12.2. The van der Waals surface area contributed by atoms with Crippen molar-refractivity contribution in [1.82, 2.24) is 10.3 Å². The lowest BCUT2D eigenvalue weighted by Crippen LogP contribution is -2.40. The second-order valence-corrected chi connectivity index (χ2v) is 5.05. The molecule has 0 spiro atoms. The van der Waals surface area contributed by atoms with Gasteiger partial charge in [-0.25, -0.2) is 4.98 Å². The van der Waals surface area contributed by atoms with E-state index in [9.17, 15) is 14.9 Å². The molecule has 1 aliphatic carbocycles. The Morgan fingerprint density at radius 3 is 2.75 bits per heavy atom. The molecule has 1 aromatic heterocycles. The predicted molar refractivity (Wildman–Crippen MR) is 74.7 cm³/mol. The average molecular weight is 278 g/mol. The summed E-state index contributed by atoms with van der Waals surface area (Å²) >= 11 is 0. The Hall–Kier alpha value is -2.18. The van der Waals surface area contributed by atoms with Gasteiger partial charge in [-0.3, -0.25) is 14.9 Å². The number of pyridine rings is 1. The van der Waals surface area contributed by atoms with Crippen LogP contribution in [0.1, 0.15) is 36.5 Å². The van der Waals surface area contributed by atoms with E-state index in [0.717, 1.165) is 19.0 Å². The van der Waals surface area contributed by atoms with Crippen LogP contribution in [-0.4, -0.2) is 28.9 Å². The molecule has 2 N–H and O–H groups in total. The molecule has 0 aromatic carbocycles. The summed E-state index contributed by atoms with van der Waals surface area (Å²) in [5, 5.41) is 16.6. The number of aromatic nitrogens is 1. The molecule has 1 aromatic rings. The first-order valence-electron chi connectivity index (χ1n) is 6.66. The summed E-state index contributed by atoms with van der Waals surface area (Å²) in [6, 6.07) is 1.43. The number of nitrogens with one attached hydrogen (secondary N) is 2. The first kappa shape index (κ1) is 14.2. The van der Waals surface area contributed by atoms with E-state index in [-0.39, 0.29) is 17.3 Å². The summed E-state index contributed by atoms with van der Waals surface area (Å²) in [4.78, 5) is 26.5. The monoisotopic (exact) mass is 278 g/mol. The van der Waals surface area contributed by atoms with Crippen LogP contribution in [0.25, 0.3) is 0 Å². The van der Waals surface area contributed by atoms with Gasteiger partial charge >= 0.3 is 0 Å². The van der Waals surface area contributed by atoms with Crippen molar-refractivity contribution in [3.05, 3.63) is 27.9 Å². The highest BCUT2D eigenvalue weighted by atomic mass is 16.6. The second kappa shape index (κ2) is 5.85. The van der Waals surface area contributed by atoms with Gasteiger partial charge in [-0.2, -0.15) is 0 Å². The quantitative estimate of drug-likeness (QED) is 0.633. The Balaban J connectivity index is 2.20. The Morgan fingerprint density at radius 2 is 2.25 bits per heavy atom. The van der Waals surface area contributed by atoms with Crippen LogP contribution >= 0.6 is 0 Å². The normalized spacial score (nSPS) is 16.1. The van der Waals surface area contributed by atoms with Gasteiger partial charge in [0.05, 0.1) is 4.92 Å². The average Bonchev–Trinajstić information content (AvgIpc) is 2.35. The smallest absolute Gasteiger partial charge is 0.300 e. The molecule has 1 unspecified atom stereocenters. The number of hydrogen-bond acceptors (Lipinski definition) is 5. The van der Waals surface area contributed by atoms with Crippen LogP contribution in [-0.2, 0) is 0 Å². The number of nitro groups is 1. The van der Waals surface area contributed by atoms with Gasteiger partial charge in [-0.05, 0) is 25.7 Å².